The first kappa shape index (κ1) is 20.7. The molecule has 2 aromatic rings. The molecule has 148 valence electrons. The second kappa shape index (κ2) is 10.5. The van der Waals surface area contributed by atoms with Crippen molar-refractivity contribution in [3.8, 4) is 0 Å². The van der Waals surface area contributed by atoms with Crippen LogP contribution in [-0.4, -0.2) is 29.9 Å². The van der Waals surface area contributed by atoms with Crippen molar-refractivity contribution < 1.29 is 4.79 Å². The number of carbonyl (C=O) groups is 1. The predicted octanol–water partition coefficient (Wildman–Crippen LogP) is 4.73. The molecule has 0 spiro atoms. The van der Waals surface area contributed by atoms with Crippen molar-refractivity contribution in [1.82, 2.24) is 5.32 Å². The Morgan fingerprint density at radius 3 is 2.86 bits per heavy atom. The molecular formula is C22H27N3OS2. The van der Waals surface area contributed by atoms with Gasteiger partial charge in [0.05, 0.1) is 0 Å². The summed E-state index contributed by atoms with van der Waals surface area (Å²) in [6, 6.07) is 16.5. The fourth-order valence-corrected chi connectivity index (χ4v) is 4.34. The second-order valence-electron chi connectivity index (χ2n) is 6.98. The van der Waals surface area contributed by atoms with E-state index in [9.17, 15) is 4.79 Å². The van der Waals surface area contributed by atoms with Gasteiger partial charge in [0.1, 0.15) is 0 Å². The molecule has 0 aromatic heterocycles. The molecular weight excluding hydrogens is 386 g/mol. The Morgan fingerprint density at radius 2 is 2.07 bits per heavy atom. The Morgan fingerprint density at radius 1 is 1.21 bits per heavy atom. The van der Waals surface area contributed by atoms with E-state index >= 15 is 0 Å². The lowest BCUT2D eigenvalue weighted by molar-refractivity contribution is -0.117. The molecule has 0 atom stereocenters. The summed E-state index contributed by atoms with van der Waals surface area (Å²) in [4.78, 5) is 13.7. The summed E-state index contributed by atoms with van der Waals surface area (Å²) in [6.07, 6.45) is 2.62. The number of thiocarbonyl (C=S) groups is 1. The van der Waals surface area contributed by atoms with Gasteiger partial charge in [0.15, 0.2) is 5.11 Å². The van der Waals surface area contributed by atoms with Crippen LogP contribution in [0.1, 0.15) is 30.4 Å². The van der Waals surface area contributed by atoms with E-state index in [1.54, 1.807) is 0 Å². The van der Waals surface area contributed by atoms with Gasteiger partial charge < -0.3 is 15.5 Å². The molecule has 1 saturated heterocycles. The monoisotopic (exact) mass is 413 g/mol. The van der Waals surface area contributed by atoms with Gasteiger partial charge in [-0.3, -0.25) is 4.79 Å². The molecule has 0 aliphatic carbocycles. The molecule has 3 rings (SSSR count). The molecule has 0 bridgehead atoms. The van der Waals surface area contributed by atoms with Crippen molar-refractivity contribution in [2.75, 3.05) is 29.1 Å². The topological polar surface area (TPSA) is 44.4 Å². The molecule has 1 amide bonds. The summed E-state index contributed by atoms with van der Waals surface area (Å²) in [6.45, 7) is 3.77. The first-order valence-electron chi connectivity index (χ1n) is 9.70. The van der Waals surface area contributed by atoms with Crippen LogP contribution >= 0.6 is 24.0 Å². The first-order chi connectivity index (χ1) is 13.6. The fourth-order valence-electron chi connectivity index (χ4n) is 3.22. The molecule has 2 N–H and O–H groups in total. The number of nitrogens with zero attached hydrogens (tertiary/aromatic N) is 1. The van der Waals surface area contributed by atoms with E-state index in [1.165, 1.54) is 11.1 Å². The third kappa shape index (κ3) is 6.24. The Kier molecular flexibility index (Phi) is 7.74. The lowest BCUT2D eigenvalue weighted by Gasteiger charge is -2.17. The number of anilines is 2. The SMILES string of the molecule is Cc1cccc(CSCCCNC(=S)Nc2cccc(N3CCCC3=O)c2)c1. The number of amides is 1. The average molecular weight is 414 g/mol. The lowest BCUT2D eigenvalue weighted by Crippen LogP contribution is -2.29. The molecule has 2 aromatic carbocycles. The van der Waals surface area contributed by atoms with E-state index in [1.807, 2.05) is 40.9 Å². The molecule has 6 heteroatoms. The summed E-state index contributed by atoms with van der Waals surface area (Å²) in [5.41, 5.74) is 4.53. The van der Waals surface area contributed by atoms with Gasteiger partial charge in [0.25, 0.3) is 0 Å². The Bertz CT molecular complexity index is 825. The lowest BCUT2D eigenvalue weighted by atomic mass is 10.2. The molecule has 4 nitrogen and oxygen atoms in total. The standard InChI is InChI=1S/C22H27N3OS2/c1-17-6-2-7-18(14-17)16-28-13-5-11-23-22(27)24-19-8-3-9-20(15-19)25-12-4-10-21(25)26/h2-3,6-9,14-15H,4-5,10-13,16H2,1H3,(H2,23,24,27). The second-order valence-corrected chi connectivity index (χ2v) is 8.49. The summed E-state index contributed by atoms with van der Waals surface area (Å²) < 4.78 is 0. The predicted molar refractivity (Wildman–Crippen MR) is 124 cm³/mol. The number of aryl methyl sites for hydroxylation is 1. The smallest absolute Gasteiger partial charge is 0.227 e. The van der Waals surface area contributed by atoms with E-state index in [0.29, 0.717) is 11.5 Å². The first-order valence-corrected chi connectivity index (χ1v) is 11.3. The molecule has 1 aliphatic heterocycles. The quantitative estimate of drug-likeness (QED) is 0.484. The Labute approximate surface area is 177 Å². The van der Waals surface area contributed by atoms with Crippen molar-refractivity contribution in [1.29, 1.82) is 0 Å². The number of rotatable bonds is 8. The summed E-state index contributed by atoms with van der Waals surface area (Å²) >= 11 is 7.34. The highest BCUT2D eigenvalue weighted by Gasteiger charge is 2.21. The van der Waals surface area contributed by atoms with Gasteiger partial charge in [0.2, 0.25) is 5.91 Å². The van der Waals surface area contributed by atoms with Crippen molar-refractivity contribution in [2.24, 2.45) is 0 Å². The van der Waals surface area contributed by atoms with Crippen LogP contribution in [0.25, 0.3) is 0 Å². The van der Waals surface area contributed by atoms with Crippen LogP contribution in [0, 0.1) is 6.92 Å². The third-order valence-corrected chi connectivity index (χ3v) is 5.95. The van der Waals surface area contributed by atoms with Crippen LogP contribution in [0.3, 0.4) is 0 Å². The maximum Gasteiger partial charge on any atom is 0.227 e. The molecule has 1 aliphatic rings. The molecule has 1 fully saturated rings. The zero-order valence-corrected chi connectivity index (χ0v) is 17.9. The van der Waals surface area contributed by atoms with Gasteiger partial charge in [-0.05, 0) is 61.5 Å². The third-order valence-electron chi connectivity index (χ3n) is 4.59. The fraction of sp³-hybridized carbons (Fsp3) is 0.364. The maximum absolute atomic E-state index is 11.9. The highest BCUT2D eigenvalue weighted by atomic mass is 32.2. The van der Waals surface area contributed by atoms with Gasteiger partial charge in [-0.1, -0.05) is 35.9 Å². The van der Waals surface area contributed by atoms with Gasteiger partial charge in [-0.15, -0.1) is 0 Å². The molecule has 0 unspecified atom stereocenters. The van der Waals surface area contributed by atoms with Gasteiger partial charge >= 0.3 is 0 Å². The highest BCUT2D eigenvalue weighted by Crippen LogP contribution is 2.24. The summed E-state index contributed by atoms with van der Waals surface area (Å²) in [5.74, 6) is 2.34. The zero-order valence-electron chi connectivity index (χ0n) is 16.2. The van der Waals surface area contributed by atoms with Gasteiger partial charge in [0, 0.05) is 36.6 Å². The highest BCUT2D eigenvalue weighted by molar-refractivity contribution is 7.98. The van der Waals surface area contributed by atoms with Crippen LogP contribution in [0.4, 0.5) is 11.4 Å². The number of hydrogen-bond donors (Lipinski definition) is 2. The largest absolute Gasteiger partial charge is 0.362 e. The number of benzene rings is 2. The van der Waals surface area contributed by atoms with Crippen LogP contribution in [0.2, 0.25) is 0 Å². The van der Waals surface area contributed by atoms with E-state index in [4.69, 9.17) is 12.2 Å². The van der Waals surface area contributed by atoms with E-state index in [-0.39, 0.29) is 5.91 Å². The molecule has 1 heterocycles. The molecule has 0 saturated carbocycles. The Hall–Kier alpha value is -2.05. The van der Waals surface area contributed by atoms with Crippen LogP contribution in [0.5, 0.6) is 0 Å². The average Bonchev–Trinajstić information content (AvgIpc) is 3.11. The van der Waals surface area contributed by atoms with Crippen molar-refractivity contribution in [3.63, 3.8) is 0 Å². The van der Waals surface area contributed by atoms with Gasteiger partial charge in [-0.25, -0.2) is 0 Å². The minimum atomic E-state index is 0.195. The van der Waals surface area contributed by atoms with Crippen LogP contribution in [-0.2, 0) is 10.5 Å². The van der Waals surface area contributed by atoms with Gasteiger partial charge in [-0.2, -0.15) is 11.8 Å². The minimum absolute atomic E-state index is 0.195. The number of hydrogen-bond acceptors (Lipinski definition) is 3. The molecule has 0 radical (unpaired) electrons. The number of carbonyl (C=O) groups excluding carboxylic acids is 1. The van der Waals surface area contributed by atoms with Crippen molar-refractivity contribution in [2.45, 2.75) is 31.9 Å². The zero-order chi connectivity index (χ0) is 19.8. The number of thioether (sulfide) groups is 1. The number of nitrogens with one attached hydrogen (secondary N) is 2. The van der Waals surface area contributed by atoms with Crippen LogP contribution < -0.4 is 15.5 Å². The van der Waals surface area contributed by atoms with E-state index in [2.05, 4.69) is 41.8 Å². The van der Waals surface area contributed by atoms with E-state index < -0.39 is 0 Å². The van der Waals surface area contributed by atoms with Crippen molar-refractivity contribution in [3.05, 3.63) is 59.7 Å². The van der Waals surface area contributed by atoms with Crippen molar-refractivity contribution >= 4 is 46.4 Å². The summed E-state index contributed by atoms with van der Waals surface area (Å²) in [7, 11) is 0. The Balaban J connectivity index is 1.35. The normalized spacial score (nSPS) is 13.6. The van der Waals surface area contributed by atoms with Crippen LogP contribution in [0.15, 0.2) is 48.5 Å². The van der Waals surface area contributed by atoms with E-state index in [0.717, 1.165) is 48.8 Å². The molecule has 28 heavy (non-hydrogen) atoms. The summed E-state index contributed by atoms with van der Waals surface area (Å²) in [5, 5.41) is 7.10. The maximum atomic E-state index is 11.9. The minimum Gasteiger partial charge on any atom is -0.362 e.